The van der Waals surface area contributed by atoms with E-state index >= 15 is 0 Å². The van der Waals surface area contributed by atoms with Crippen molar-refractivity contribution >= 4 is 16.7 Å². The summed E-state index contributed by atoms with van der Waals surface area (Å²) in [5, 5.41) is 2.23. The van der Waals surface area contributed by atoms with E-state index in [9.17, 15) is 18.0 Å². The number of nitrogens with zero attached hydrogens (tertiary/aromatic N) is 3. The van der Waals surface area contributed by atoms with E-state index in [1.807, 2.05) is 30.3 Å². The van der Waals surface area contributed by atoms with Crippen LogP contribution < -0.4 is 10.3 Å². The molecule has 8 nitrogen and oxygen atoms in total. The average Bonchev–Trinajstić information content (AvgIpc) is 3.56. The van der Waals surface area contributed by atoms with Crippen LogP contribution in [0.3, 0.4) is 0 Å². The molecule has 11 heteroatoms. The van der Waals surface area contributed by atoms with Gasteiger partial charge < -0.3 is 13.9 Å². The summed E-state index contributed by atoms with van der Waals surface area (Å²) in [6, 6.07) is 22.3. The van der Waals surface area contributed by atoms with Crippen molar-refractivity contribution in [2.75, 3.05) is 7.11 Å². The third-order valence-corrected chi connectivity index (χ3v) is 6.37. The number of oxazole rings is 1. The quantitative estimate of drug-likeness (QED) is 0.255. The highest BCUT2D eigenvalue weighted by Gasteiger charge is 2.39. The Morgan fingerprint density at radius 1 is 0.900 bits per heavy atom. The molecular formula is C29H21F3N4O4. The van der Waals surface area contributed by atoms with E-state index in [1.165, 1.54) is 19.2 Å². The first-order chi connectivity index (χ1) is 19.3. The Hall–Kier alpha value is -4.90. The number of hydrogen-bond donors (Lipinski definition) is 1. The van der Waals surface area contributed by atoms with Crippen molar-refractivity contribution in [1.29, 1.82) is 0 Å². The molecule has 202 valence electrons. The lowest BCUT2D eigenvalue weighted by atomic mass is 10.1. The fourth-order valence-electron chi connectivity index (χ4n) is 4.55. The maximum Gasteiger partial charge on any atom is 0.433 e. The molecule has 6 aromatic rings. The van der Waals surface area contributed by atoms with Gasteiger partial charge in [0, 0.05) is 0 Å². The van der Waals surface area contributed by atoms with Gasteiger partial charge in [0.2, 0.25) is 5.89 Å². The number of para-hydroxylation sites is 1. The molecule has 0 aliphatic carbocycles. The molecule has 0 fully saturated rings. The number of rotatable bonds is 7. The molecule has 0 radical (unpaired) electrons. The number of ether oxygens (including phenoxy) is 2. The predicted molar refractivity (Wildman–Crippen MR) is 141 cm³/mol. The number of hydrogen-bond acceptors (Lipinski definition) is 6. The monoisotopic (exact) mass is 546 g/mol. The third kappa shape index (κ3) is 4.50. The Balaban J connectivity index is 1.58. The first kappa shape index (κ1) is 25.4. The number of nitrogens with one attached hydrogen (secondary N) is 1. The van der Waals surface area contributed by atoms with Crippen LogP contribution in [0.2, 0.25) is 0 Å². The van der Waals surface area contributed by atoms with Gasteiger partial charge in [0.15, 0.2) is 16.7 Å². The Morgan fingerprint density at radius 2 is 1.62 bits per heavy atom. The highest BCUT2D eigenvalue weighted by atomic mass is 19.4. The van der Waals surface area contributed by atoms with Gasteiger partial charge in [-0.2, -0.15) is 17.7 Å². The second-order valence-corrected chi connectivity index (χ2v) is 8.93. The van der Waals surface area contributed by atoms with E-state index in [1.54, 1.807) is 36.4 Å². The van der Waals surface area contributed by atoms with Crippen molar-refractivity contribution in [3.8, 4) is 28.3 Å². The summed E-state index contributed by atoms with van der Waals surface area (Å²) >= 11 is 0. The summed E-state index contributed by atoms with van der Waals surface area (Å²) < 4.78 is 60.5. The first-order valence-electron chi connectivity index (χ1n) is 12.2. The van der Waals surface area contributed by atoms with Gasteiger partial charge in [-0.15, -0.1) is 0 Å². The molecular weight excluding hydrogens is 525 g/mol. The lowest BCUT2D eigenvalue weighted by Crippen LogP contribution is -2.21. The van der Waals surface area contributed by atoms with Crippen LogP contribution in [0.1, 0.15) is 17.0 Å². The van der Waals surface area contributed by atoms with E-state index < -0.39 is 17.4 Å². The zero-order valence-electron chi connectivity index (χ0n) is 21.0. The standard InChI is InChI=1S/C29H21F3N4O4/c1-38-20-13-8-14-21-24(20)34-27(40-21)23-19(16-39-15-17-9-4-2-5-10-17)33-26-22(18-11-6-3-7-12-18)25(29(30,31)32)35-36(26)28(23)37/h2-14,35H,15-16H2,1H3. The zero-order valence-corrected chi connectivity index (χ0v) is 21.0. The van der Waals surface area contributed by atoms with E-state index in [0.29, 0.717) is 16.8 Å². The second-order valence-electron chi connectivity index (χ2n) is 8.93. The number of halogens is 3. The fourth-order valence-corrected chi connectivity index (χ4v) is 4.55. The molecule has 0 saturated heterocycles. The number of H-pyrrole nitrogens is 1. The van der Waals surface area contributed by atoms with E-state index in [2.05, 4.69) is 15.1 Å². The molecule has 0 bridgehead atoms. The first-order valence-corrected chi connectivity index (χ1v) is 12.2. The number of methoxy groups -OCH3 is 1. The Bertz CT molecular complexity index is 1880. The molecule has 1 N–H and O–H groups in total. The van der Waals surface area contributed by atoms with Gasteiger partial charge in [-0.05, 0) is 23.3 Å². The Morgan fingerprint density at radius 3 is 2.33 bits per heavy atom. The lowest BCUT2D eigenvalue weighted by Gasteiger charge is -2.09. The molecule has 3 aromatic carbocycles. The van der Waals surface area contributed by atoms with Gasteiger partial charge in [-0.25, -0.2) is 9.97 Å². The summed E-state index contributed by atoms with van der Waals surface area (Å²) in [6.07, 6.45) is -4.79. The van der Waals surface area contributed by atoms with Crippen molar-refractivity contribution in [2.24, 2.45) is 0 Å². The maximum atomic E-state index is 14.2. The second kappa shape index (κ2) is 10.0. The van der Waals surface area contributed by atoms with Gasteiger partial charge in [0.25, 0.3) is 5.56 Å². The Kier molecular flexibility index (Phi) is 6.35. The van der Waals surface area contributed by atoms with Crippen LogP contribution in [0, 0.1) is 0 Å². The van der Waals surface area contributed by atoms with Crippen LogP contribution in [-0.2, 0) is 24.1 Å². The van der Waals surface area contributed by atoms with Gasteiger partial charge in [0.05, 0.1) is 31.6 Å². The molecule has 0 spiro atoms. The average molecular weight is 547 g/mol. The van der Waals surface area contributed by atoms with Crippen molar-refractivity contribution in [1.82, 2.24) is 19.6 Å². The van der Waals surface area contributed by atoms with Gasteiger partial charge in [-0.3, -0.25) is 9.89 Å². The minimum absolute atomic E-state index is 0.0800. The highest BCUT2D eigenvalue weighted by Crippen LogP contribution is 2.39. The molecule has 0 aliphatic rings. The number of fused-ring (bicyclic) bond motifs is 2. The molecule has 40 heavy (non-hydrogen) atoms. The van der Waals surface area contributed by atoms with Gasteiger partial charge in [0.1, 0.15) is 17.0 Å². The molecule has 0 unspecified atom stereocenters. The predicted octanol–water partition coefficient (Wildman–Crippen LogP) is 6.24. The van der Waals surface area contributed by atoms with Crippen molar-refractivity contribution in [2.45, 2.75) is 19.4 Å². The minimum Gasteiger partial charge on any atom is -0.494 e. The molecule has 0 atom stereocenters. The van der Waals surface area contributed by atoms with Crippen molar-refractivity contribution in [3.63, 3.8) is 0 Å². The largest absolute Gasteiger partial charge is 0.494 e. The topological polar surface area (TPSA) is 94.6 Å². The van der Waals surface area contributed by atoms with Crippen LogP contribution in [-0.4, -0.2) is 26.7 Å². The summed E-state index contributed by atoms with van der Waals surface area (Å²) in [7, 11) is 1.47. The number of aromatic amines is 1. The van der Waals surface area contributed by atoms with Crippen LogP contribution in [0.4, 0.5) is 13.2 Å². The van der Waals surface area contributed by atoms with Crippen LogP contribution >= 0.6 is 0 Å². The third-order valence-electron chi connectivity index (χ3n) is 6.37. The molecule has 3 aromatic heterocycles. The summed E-state index contributed by atoms with van der Waals surface area (Å²) in [4.78, 5) is 22.9. The fraction of sp³-hybridized carbons (Fsp3) is 0.138. The number of alkyl halides is 3. The van der Waals surface area contributed by atoms with E-state index in [0.717, 1.165) is 10.1 Å². The lowest BCUT2D eigenvalue weighted by molar-refractivity contribution is -0.140. The normalized spacial score (nSPS) is 11.9. The van der Waals surface area contributed by atoms with Gasteiger partial charge in [-0.1, -0.05) is 66.7 Å². The molecule has 3 heterocycles. The van der Waals surface area contributed by atoms with Crippen LogP contribution in [0.5, 0.6) is 5.75 Å². The minimum atomic E-state index is -4.79. The smallest absolute Gasteiger partial charge is 0.433 e. The molecule has 0 aliphatic heterocycles. The van der Waals surface area contributed by atoms with E-state index in [-0.39, 0.29) is 47.1 Å². The summed E-state index contributed by atoms with van der Waals surface area (Å²) in [5.41, 5.74) is -0.599. The van der Waals surface area contributed by atoms with Crippen molar-refractivity contribution < 1.29 is 27.1 Å². The molecule has 0 amide bonds. The van der Waals surface area contributed by atoms with Gasteiger partial charge >= 0.3 is 6.18 Å². The van der Waals surface area contributed by atoms with E-state index in [4.69, 9.17) is 13.9 Å². The molecule has 6 rings (SSSR count). The summed E-state index contributed by atoms with van der Waals surface area (Å²) in [5.74, 6) is 0.295. The Labute approximate surface area is 224 Å². The zero-order chi connectivity index (χ0) is 27.9. The van der Waals surface area contributed by atoms with Crippen LogP contribution in [0.25, 0.3) is 39.3 Å². The molecule has 0 saturated carbocycles. The van der Waals surface area contributed by atoms with Crippen LogP contribution in [0.15, 0.2) is 88.1 Å². The highest BCUT2D eigenvalue weighted by molar-refractivity contribution is 5.84. The van der Waals surface area contributed by atoms with Crippen molar-refractivity contribution in [3.05, 3.63) is 106 Å². The maximum absolute atomic E-state index is 14.2. The SMILES string of the molecule is COc1cccc2oc(-c3c(COCc4ccccc4)nc4c(-c5ccccc5)c(C(F)(F)F)[nH]n4c3=O)nc12. The number of aromatic nitrogens is 4. The number of benzene rings is 3. The summed E-state index contributed by atoms with van der Waals surface area (Å²) in [6.45, 7) is 0.00177.